The number of halogens is 2. The van der Waals surface area contributed by atoms with Gasteiger partial charge in [0.05, 0.1) is 10.0 Å². The molecule has 0 aliphatic heterocycles. The van der Waals surface area contributed by atoms with E-state index in [2.05, 4.69) is 26.1 Å². The van der Waals surface area contributed by atoms with Crippen molar-refractivity contribution in [2.75, 3.05) is 6.54 Å². The molecule has 0 heterocycles. The van der Waals surface area contributed by atoms with E-state index < -0.39 is 0 Å². The van der Waals surface area contributed by atoms with E-state index in [0.29, 0.717) is 16.1 Å². The summed E-state index contributed by atoms with van der Waals surface area (Å²) < 4.78 is 5.99. The lowest BCUT2D eigenvalue weighted by Gasteiger charge is -2.51. The molecule has 2 atom stereocenters. The monoisotopic (exact) mass is 287 g/mol. The second-order valence-corrected chi connectivity index (χ2v) is 6.16. The van der Waals surface area contributed by atoms with Gasteiger partial charge in [0, 0.05) is 23.9 Å². The number of ether oxygens (including phenoxy) is 1. The summed E-state index contributed by atoms with van der Waals surface area (Å²) in [6, 6.07) is 5.94. The average molecular weight is 288 g/mol. The molecular weight excluding hydrogens is 269 g/mol. The molecule has 1 fully saturated rings. The van der Waals surface area contributed by atoms with Gasteiger partial charge in [-0.3, -0.25) is 0 Å². The molecule has 1 aliphatic rings. The zero-order valence-corrected chi connectivity index (χ0v) is 12.5. The molecule has 0 aromatic heterocycles. The Bertz CT molecular complexity index is 434. The molecule has 2 unspecified atom stereocenters. The highest BCUT2D eigenvalue weighted by molar-refractivity contribution is 6.42. The number of hydrogen-bond donors (Lipinski definition) is 1. The molecule has 0 radical (unpaired) electrons. The minimum atomic E-state index is 0.141. The van der Waals surface area contributed by atoms with Crippen LogP contribution in [0, 0.1) is 5.41 Å². The summed E-state index contributed by atoms with van der Waals surface area (Å²) in [4.78, 5) is 0. The maximum atomic E-state index is 5.99. The highest BCUT2D eigenvalue weighted by Crippen LogP contribution is 2.43. The van der Waals surface area contributed by atoms with Crippen molar-refractivity contribution in [3.05, 3.63) is 28.2 Å². The van der Waals surface area contributed by atoms with Gasteiger partial charge in [-0.2, -0.15) is 0 Å². The van der Waals surface area contributed by atoms with E-state index in [4.69, 9.17) is 27.9 Å². The van der Waals surface area contributed by atoms with Crippen LogP contribution in [0.1, 0.15) is 27.2 Å². The van der Waals surface area contributed by atoms with E-state index in [0.717, 1.165) is 18.7 Å². The molecule has 0 bridgehead atoms. The van der Waals surface area contributed by atoms with Crippen molar-refractivity contribution in [1.29, 1.82) is 0 Å². The molecule has 1 saturated carbocycles. The normalized spacial score (nSPS) is 25.6. The van der Waals surface area contributed by atoms with Crippen molar-refractivity contribution in [2.45, 2.75) is 39.3 Å². The predicted molar refractivity (Wildman–Crippen MR) is 76.7 cm³/mol. The first-order valence-electron chi connectivity index (χ1n) is 6.30. The van der Waals surface area contributed by atoms with Crippen molar-refractivity contribution in [3.63, 3.8) is 0 Å². The highest BCUT2D eigenvalue weighted by Gasteiger charge is 2.49. The Kier molecular flexibility index (Phi) is 4.10. The summed E-state index contributed by atoms with van der Waals surface area (Å²) >= 11 is 11.9. The molecule has 2 rings (SSSR count). The van der Waals surface area contributed by atoms with Gasteiger partial charge in [-0.25, -0.2) is 0 Å². The Morgan fingerprint density at radius 2 is 2.06 bits per heavy atom. The second-order valence-electron chi connectivity index (χ2n) is 5.35. The van der Waals surface area contributed by atoms with Crippen molar-refractivity contribution in [1.82, 2.24) is 5.32 Å². The fraction of sp³-hybridized carbons (Fsp3) is 0.571. The molecule has 1 aromatic carbocycles. The minimum absolute atomic E-state index is 0.141. The van der Waals surface area contributed by atoms with Crippen LogP contribution in [-0.2, 0) is 0 Å². The molecule has 4 heteroatoms. The number of nitrogens with one attached hydrogen (secondary N) is 1. The van der Waals surface area contributed by atoms with E-state index >= 15 is 0 Å². The molecule has 0 spiro atoms. The highest BCUT2D eigenvalue weighted by atomic mass is 35.5. The fourth-order valence-corrected chi connectivity index (χ4v) is 2.68. The van der Waals surface area contributed by atoms with Crippen molar-refractivity contribution in [2.24, 2.45) is 5.41 Å². The van der Waals surface area contributed by atoms with Gasteiger partial charge in [0.1, 0.15) is 11.9 Å². The zero-order chi connectivity index (χ0) is 13.3. The van der Waals surface area contributed by atoms with Crippen LogP contribution in [0.4, 0.5) is 0 Å². The Labute approximate surface area is 119 Å². The Balaban J connectivity index is 2.01. The van der Waals surface area contributed by atoms with E-state index in [1.54, 1.807) is 12.1 Å². The van der Waals surface area contributed by atoms with Gasteiger partial charge in [0.2, 0.25) is 0 Å². The van der Waals surface area contributed by atoms with Crippen molar-refractivity contribution >= 4 is 23.2 Å². The van der Waals surface area contributed by atoms with Gasteiger partial charge in [-0.15, -0.1) is 0 Å². The summed E-state index contributed by atoms with van der Waals surface area (Å²) in [5.74, 6) is 0.789. The summed E-state index contributed by atoms with van der Waals surface area (Å²) in [5.41, 5.74) is 0.141. The molecule has 1 aliphatic carbocycles. The van der Waals surface area contributed by atoms with Gasteiger partial charge in [-0.1, -0.05) is 44.0 Å². The number of hydrogen-bond acceptors (Lipinski definition) is 2. The summed E-state index contributed by atoms with van der Waals surface area (Å²) in [5, 5.41) is 4.58. The smallest absolute Gasteiger partial charge is 0.121 e. The van der Waals surface area contributed by atoms with E-state index in [-0.39, 0.29) is 11.5 Å². The third-order valence-corrected chi connectivity index (χ3v) is 4.54. The van der Waals surface area contributed by atoms with E-state index in [1.807, 2.05) is 6.07 Å². The van der Waals surface area contributed by atoms with E-state index in [9.17, 15) is 0 Å². The van der Waals surface area contributed by atoms with Crippen molar-refractivity contribution < 1.29 is 4.74 Å². The Hall–Kier alpha value is -0.440. The lowest BCUT2D eigenvalue weighted by Crippen LogP contribution is -2.62. The first-order chi connectivity index (χ1) is 8.45. The zero-order valence-electron chi connectivity index (χ0n) is 11.0. The molecular formula is C14H19Cl2NO. The van der Waals surface area contributed by atoms with Gasteiger partial charge < -0.3 is 10.1 Å². The van der Waals surface area contributed by atoms with Crippen LogP contribution >= 0.6 is 23.2 Å². The van der Waals surface area contributed by atoms with Crippen LogP contribution in [-0.4, -0.2) is 18.7 Å². The summed E-state index contributed by atoms with van der Waals surface area (Å²) in [6.07, 6.45) is 1.25. The Morgan fingerprint density at radius 1 is 1.33 bits per heavy atom. The molecule has 1 aromatic rings. The van der Waals surface area contributed by atoms with Gasteiger partial charge in [-0.05, 0) is 18.7 Å². The summed E-state index contributed by atoms with van der Waals surface area (Å²) in [7, 11) is 0. The second kappa shape index (κ2) is 5.28. The maximum absolute atomic E-state index is 5.99. The number of rotatable bonds is 4. The minimum Gasteiger partial charge on any atom is -0.490 e. The summed E-state index contributed by atoms with van der Waals surface area (Å²) in [6.45, 7) is 7.58. The molecule has 0 amide bonds. The predicted octanol–water partition coefficient (Wildman–Crippen LogP) is 4.15. The maximum Gasteiger partial charge on any atom is 0.121 e. The third kappa shape index (κ3) is 2.61. The fourth-order valence-electron chi connectivity index (χ4n) is 2.39. The lowest BCUT2D eigenvalue weighted by atomic mass is 9.64. The Morgan fingerprint density at radius 3 is 2.61 bits per heavy atom. The van der Waals surface area contributed by atoms with Crippen LogP contribution in [0.15, 0.2) is 18.2 Å². The van der Waals surface area contributed by atoms with Gasteiger partial charge in [0.15, 0.2) is 0 Å². The van der Waals surface area contributed by atoms with Crippen LogP contribution in [0.3, 0.4) is 0 Å². The SMILES string of the molecule is CCNC1CC(Oc2ccc(Cl)c(Cl)c2)C1(C)C. The standard InChI is InChI=1S/C14H19Cl2NO/c1-4-17-12-8-13(14(12,2)3)18-9-5-6-10(15)11(16)7-9/h5-7,12-13,17H,4,8H2,1-3H3. The number of benzene rings is 1. The average Bonchev–Trinajstić information content (AvgIpc) is 2.32. The topological polar surface area (TPSA) is 21.3 Å². The molecule has 2 nitrogen and oxygen atoms in total. The first-order valence-corrected chi connectivity index (χ1v) is 7.05. The first kappa shape index (κ1) is 14.0. The van der Waals surface area contributed by atoms with E-state index in [1.165, 1.54) is 0 Å². The molecule has 0 saturated heterocycles. The van der Waals surface area contributed by atoms with Crippen LogP contribution in [0.2, 0.25) is 10.0 Å². The quantitative estimate of drug-likeness (QED) is 0.898. The van der Waals surface area contributed by atoms with Crippen LogP contribution in [0.25, 0.3) is 0 Å². The van der Waals surface area contributed by atoms with Gasteiger partial charge in [0.25, 0.3) is 0 Å². The van der Waals surface area contributed by atoms with Crippen LogP contribution in [0.5, 0.6) is 5.75 Å². The molecule has 100 valence electrons. The van der Waals surface area contributed by atoms with Crippen LogP contribution < -0.4 is 10.1 Å². The largest absolute Gasteiger partial charge is 0.490 e. The third-order valence-electron chi connectivity index (χ3n) is 3.80. The molecule has 1 N–H and O–H groups in total. The lowest BCUT2D eigenvalue weighted by molar-refractivity contribution is -0.0541. The molecule has 18 heavy (non-hydrogen) atoms. The van der Waals surface area contributed by atoms with Gasteiger partial charge >= 0.3 is 0 Å². The van der Waals surface area contributed by atoms with Crippen molar-refractivity contribution in [3.8, 4) is 5.75 Å².